The Hall–Kier alpha value is -3.82. The highest BCUT2D eigenvalue weighted by Crippen LogP contribution is 2.18. The number of fused-ring (bicyclic) bond motifs is 1. The molecule has 1 fully saturated rings. The maximum absolute atomic E-state index is 12.7. The number of carbonyl (C=O) groups excluding carboxylic acids is 1. The standard InChI is InChI=1S/C19H18N6O4/c26-18(12-24-13-21-16-4-2-1-3-15(16)19(24)27)23-9-7-22(8-10-23)14-5-6-17(20-11-14)25(28)29/h1-6,11,13H,7-10,12H2. The summed E-state index contributed by atoms with van der Waals surface area (Å²) < 4.78 is 1.33. The van der Waals surface area contributed by atoms with Crippen molar-refractivity contribution < 1.29 is 9.72 Å². The van der Waals surface area contributed by atoms with Crippen molar-refractivity contribution in [1.82, 2.24) is 19.4 Å². The molecule has 10 nitrogen and oxygen atoms in total. The first-order valence-corrected chi connectivity index (χ1v) is 9.10. The van der Waals surface area contributed by atoms with Crippen LogP contribution < -0.4 is 10.5 Å². The normalized spacial score (nSPS) is 14.2. The maximum Gasteiger partial charge on any atom is 0.363 e. The van der Waals surface area contributed by atoms with Crippen molar-refractivity contribution in [3.63, 3.8) is 0 Å². The molecule has 0 N–H and O–H groups in total. The van der Waals surface area contributed by atoms with Gasteiger partial charge in [-0.2, -0.15) is 0 Å². The van der Waals surface area contributed by atoms with Crippen LogP contribution in [0.5, 0.6) is 0 Å². The summed E-state index contributed by atoms with van der Waals surface area (Å²) in [5.74, 6) is -0.345. The lowest BCUT2D eigenvalue weighted by Crippen LogP contribution is -2.50. The molecule has 0 unspecified atom stereocenters. The van der Waals surface area contributed by atoms with Crippen molar-refractivity contribution in [2.24, 2.45) is 0 Å². The van der Waals surface area contributed by atoms with Crippen molar-refractivity contribution in [1.29, 1.82) is 0 Å². The van der Waals surface area contributed by atoms with Crippen LogP contribution in [0.3, 0.4) is 0 Å². The molecule has 0 bridgehead atoms. The van der Waals surface area contributed by atoms with E-state index in [1.807, 2.05) is 11.0 Å². The second kappa shape index (κ2) is 7.66. The van der Waals surface area contributed by atoms with Gasteiger partial charge in [0.25, 0.3) is 5.56 Å². The summed E-state index contributed by atoms with van der Waals surface area (Å²) in [4.78, 5) is 47.2. The summed E-state index contributed by atoms with van der Waals surface area (Å²) in [5.41, 5.74) is 1.14. The number of benzene rings is 1. The number of anilines is 1. The Kier molecular flexibility index (Phi) is 4.90. The smallest absolute Gasteiger partial charge is 0.363 e. The number of pyridine rings is 1. The van der Waals surface area contributed by atoms with Crippen molar-refractivity contribution in [2.75, 3.05) is 31.1 Å². The molecular weight excluding hydrogens is 376 g/mol. The van der Waals surface area contributed by atoms with Crippen LogP contribution in [0.1, 0.15) is 0 Å². The first kappa shape index (κ1) is 18.5. The molecule has 148 valence electrons. The van der Waals surface area contributed by atoms with Crippen molar-refractivity contribution >= 4 is 28.3 Å². The molecule has 1 aliphatic rings. The molecule has 4 rings (SSSR count). The number of nitro groups is 1. The van der Waals surface area contributed by atoms with Gasteiger partial charge in [0.1, 0.15) is 6.54 Å². The largest absolute Gasteiger partial charge is 0.365 e. The van der Waals surface area contributed by atoms with Crippen molar-refractivity contribution in [2.45, 2.75) is 6.54 Å². The van der Waals surface area contributed by atoms with Gasteiger partial charge in [-0.15, -0.1) is 0 Å². The van der Waals surface area contributed by atoms with E-state index in [2.05, 4.69) is 9.97 Å². The fourth-order valence-corrected chi connectivity index (χ4v) is 3.35. The summed E-state index contributed by atoms with van der Waals surface area (Å²) in [6, 6.07) is 10.1. The average molecular weight is 394 g/mol. The number of piperazine rings is 1. The zero-order valence-electron chi connectivity index (χ0n) is 15.5. The third-order valence-corrected chi connectivity index (χ3v) is 4.95. The van der Waals surface area contributed by atoms with Crippen molar-refractivity contribution in [3.05, 3.63) is 69.4 Å². The lowest BCUT2D eigenvalue weighted by Gasteiger charge is -2.35. The Labute approximate surface area is 165 Å². The predicted octanol–water partition coefficient (Wildman–Crippen LogP) is 1.05. The molecule has 1 aromatic carbocycles. The van der Waals surface area contributed by atoms with Crippen LogP contribution in [0, 0.1) is 10.1 Å². The number of nitrogens with zero attached hydrogens (tertiary/aromatic N) is 6. The van der Waals surface area contributed by atoms with Gasteiger partial charge in [-0.25, -0.2) is 4.98 Å². The molecule has 3 heterocycles. The van der Waals surface area contributed by atoms with Gasteiger partial charge in [0.15, 0.2) is 6.20 Å². The molecule has 29 heavy (non-hydrogen) atoms. The molecule has 2 aromatic heterocycles. The van der Waals surface area contributed by atoms with E-state index in [1.165, 1.54) is 23.2 Å². The van der Waals surface area contributed by atoms with Crippen LogP contribution in [-0.2, 0) is 11.3 Å². The Morgan fingerprint density at radius 1 is 1.07 bits per heavy atom. The molecule has 1 aliphatic heterocycles. The number of hydrogen-bond donors (Lipinski definition) is 0. The average Bonchev–Trinajstić information content (AvgIpc) is 2.76. The molecule has 1 amide bonds. The van der Waals surface area contributed by atoms with Crippen LogP contribution >= 0.6 is 0 Å². The molecular formula is C19H18N6O4. The summed E-state index contributed by atoms with van der Waals surface area (Å²) in [6.45, 7) is 2.08. The van der Waals surface area contributed by atoms with E-state index in [1.54, 1.807) is 29.2 Å². The van der Waals surface area contributed by atoms with Crippen molar-refractivity contribution in [3.8, 4) is 0 Å². The molecule has 3 aromatic rings. The maximum atomic E-state index is 12.7. The number of aromatic nitrogens is 3. The lowest BCUT2D eigenvalue weighted by molar-refractivity contribution is -0.389. The van der Waals surface area contributed by atoms with Gasteiger partial charge >= 0.3 is 5.82 Å². The monoisotopic (exact) mass is 394 g/mol. The molecule has 0 radical (unpaired) electrons. The highest BCUT2D eigenvalue weighted by atomic mass is 16.6. The molecule has 0 aliphatic carbocycles. The fraction of sp³-hybridized carbons (Fsp3) is 0.263. The minimum Gasteiger partial charge on any atom is -0.365 e. The van der Waals surface area contributed by atoms with E-state index >= 15 is 0 Å². The molecule has 1 saturated heterocycles. The van der Waals surface area contributed by atoms with E-state index in [4.69, 9.17) is 0 Å². The van der Waals surface area contributed by atoms with E-state index in [9.17, 15) is 19.7 Å². The Morgan fingerprint density at radius 3 is 2.52 bits per heavy atom. The number of amides is 1. The van der Waals surface area contributed by atoms with Gasteiger partial charge in [-0.1, -0.05) is 12.1 Å². The highest BCUT2D eigenvalue weighted by molar-refractivity contribution is 5.79. The zero-order chi connectivity index (χ0) is 20.4. The number of rotatable bonds is 4. The molecule has 10 heteroatoms. The second-order valence-corrected chi connectivity index (χ2v) is 6.69. The molecule has 0 atom stereocenters. The molecule has 0 spiro atoms. The first-order valence-electron chi connectivity index (χ1n) is 9.10. The molecule has 0 saturated carbocycles. The van der Waals surface area contributed by atoms with Gasteiger partial charge in [-0.3, -0.25) is 14.2 Å². The van der Waals surface area contributed by atoms with Crippen LogP contribution in [0.25, 0.3) is 10.9 Å². The Balaban J connectivity index is 1.40. The van der Waals surface area contributed by atoms with E-state index in [0.717, 1.165) is 5.69 Å². The number of para-hydroxylation sites is 1. The zero-order valence-corrected chi connectivity index (χ0v) is 15.5. The number of carbonyl (C=O) groups is 1. The van der Waals surface area contributed by atoms with E-state index in [0.29, 0.717) is 37.1 Å². The third-order valence-electron chi connectivity index (χ3n) is 4.95. The SMILES string of the molecule is O=C(Cn1cnc2ccccc2c1=O)N1CCN(c2ccc([N+](=O)[O-])nc2)CC1. The van der Waals surface area contributed by atoms with Gasteiger partial charge in [0, 0.05) is 32.2 Å². The lowest BCUT2D eigenvalue weighted by atomic mass is 10.2. The number of hydrogen-bond acceptors (Lipinski definition) is 7. The minimum absolute atomic E-state index is 0.0598. The third kappa shape index (κ3) is 3.77. The van der Waals surface area contributed by atoms with Crippen LogP contribution in [0.4, 0.5) is 11.5 Å². The van der Waals surface area contributed by atoms with Crippen LogP contribution in [0.2, 0.25) is 0 Å². The topological polar surface area (TPSA) is 114 Å². The Bertz CT molecular complexity index is 1120. The fourth-order valence-electron chi connectivity index (χ4n) is 3.35. The van der Waals surface area contributed by atoms with Gasteiger partial charge in [0.05, 0.1) is 22.9 Å². The highest BCUT2D eigenvalue weighted by Gasteiger charge is 2.23. The van der Waals surface area contributed by atoms with Crippen LogP contribution in [-0.4, -0.2) is 56.4 Å². The summed E-state index contributed by atoms with van der Waals surface area (Å²) in [7, 11) is 0. The quantitative estimate of drug-likeness (QED) is 0.480. The van der Waals surface area contributed by atoms with Crippen LogP contribution in [0.15, 0.2) is 53.7 Å². The first-order chi connectivity index (χ1) is 14.0. The summed E-state index contributed by atoms with van der Waals surface area (Å²) >= 11 is 0. The van der Waals surface area contributed by atoms with Gasteiger partial charge in [0.2, 0.25) is 5.91 Å². The van der Waals surface area contributed by atoms with E-state index < -0.39 is 4.92 Å². The Morgan fingerprint density at radius 2 is 1.83 bits per heavy atom. The summed E-state index contributed by atoms with van der Waals surface area (Å²) in [5, 5.41) is 11.2. The second-order valence-electron chi connectivity index (χ2n) is 6.69. The van der Waals surface area contributed by atoms with Gasteiger partial charge < -0.3 is 19.9 Å². The van der Waals surface area contributed by atoms with E-state index in [-0.39, 0.29) is 23.8 Å². The van der Waals surface area contributed by atoms with Gasteiger partial charge in [-0.05, 0) is 28.1 Å². The summed E-state index contributed by atoms with van der Waals surface area (Å²) in [6.07, 6.45) is 2.87. The predicted molar refractivity (Wildman–Crippen MR) is 106 cm³/mol. The minimum atomic E-state index is -0.538.